The van der Waals surface area contributed by atoms with E-state index in [9.17, 15) is 12.8 Å². The van der Waals surface area contributed by atoms with Gasteiger partial charge in [0.2, 0.25) is 10.0 Å². The zero-order valence-electron chi connectivity index (χ0n) is 16.4. The minimum atomic E-state index is -3.78. The average Bonchev–Trinajstić information content (AvgIpc) is 3.14. The Labute approximate surface area is 190 Å². The molecule has 1 heterocycles. The normalized spacial score (nSPS) is 12.0. The lowest BCUT2D eigenvalue weighted by Gasteiger charge is -2.22. The average molecular weight is 477 g/mol. The molecule has 160 valence electrons. The van der Waals surface area contributed by atoms with Crippen LogP contribution in [0.2, 0.25) is 10.0 Å². The molecule has 8 heteroatoms. The lowest BCUT2D eigenvalue weighted by Crippen LogP contribution is -2.32. The SMILES string of the molecule is O=S(=O)(c1ccc(Cl)cc1)N(CCc1c[nH]c2ccc(F)cc12)Cc1ccc(Cl)cc1. The van der Waals surface area contributed by atoms with Gasteiger partial charge in [-0.05, 0) is 72.1 Å². The van der Waals surface area contributed by atoms with Crippen LogP contribution in [-0.2, 0) is 23.0 Å². The third-order valence-corrected chi connectivity index (χ3v) is 7.45. The van der Waals surface area contributed by atoms with E-state index in [1.165, 1.54) is 28.6 Å². The van der Waals surface area contributed by atoms with E-state index < -0.39 is 10.0 Å². The van der Waals surface area contributed by atoms with Gasteiger partial charge >= 0.3 is 0 Å². The molecule has 0 unspecified atom stereocenters. The lowest BCUT2D eigenvalue weighted by molar-refractivity contribution is 0.410. The first kappa shape index (κ1) is 21.8. The Morgan fingerprint density at radius 2 is 1.55 bits per heavy atom. The largest absolute Gasteiger partial charge is 0.361 e. The number of sulfonamides is 1. The molecule has 0 atom stereocenters. The maximum absolute atomic E-state index is 13.7. The van der Waals surface area contributed by atoms with Crippen molar-refractivity contribution in [2.24, 2.45) is 0 Å². The zero-order chi connectivity index (χ0) is 22.0. The van der Waals surface area contributed by atoms with Gasteiger partial charge in [0.15, 0.2) is 0 Å². The van der Waals surface area contributed by atoms with Gasteiger partial charge in [-0.3, -0.25) is 0 Å². The van der Waals surface area contributed by atoms with Gasteiger partial charge in [0, 0.05) is 40.2 Å². The highest BCUT2D eigenvalue weighted by Gasteiger charge is 2.25. The summed E-state index contributed by atoms with van der Waals surface area (Å²) < 4.78 is 41.9. The highest BCUT2D eigenvalue weighted by molar-refractivity contribution is 7.89. The molecule has 4 nitrogen and oxygen atoms in total. The summed E-state index contributed by atoms with van der Waals surface area (Å²) in [4.78, 5) is 3.27. The summed E-state index contributed by atoms with van der Waals surface area (Å²) in [7, 11) is -3.78. The number of aromatic amines is 1. The summed E-state index contributed by atoms with van der Waals surface area (Å²) in [5.41, 5.74) is 2.47. The van der Waals surface area contributed by atoms with E-state index in [2.05, 4.69) is 4.98 Å². The molecule has 31 heavy (non-hydrogen) atoms. The molecule has 0 saturated heterocycles. The van der Waals surface area contributed by atoms with E-state index in [1.54, 1.807) is 48.7 Å². The molecule has 1 N–H and O–H groups in total. The summed E-state index contributed by atoms with van der Waals surface area (Å²) in [5.74, 6) is -0.333. The van der Waals surface area contributed by atoms with E-state index in [4.69, 9.17) is 23.2 Å². The summed E-state index contributed by atoms with van der Waals surface area (Å²) >= 11 is 11.9. The fraction of sp³-hybridized carbons (Fsp3) is 0.130. The van der Waals surface area contributed by atoms with Crippen molar-refractivity contribution in [1.29, 1.82) is 0 Å². The van der Waals surface area contributed by atoms with Crippen molar-refractivity contribution in [3.63, 3.8) is 0 Å². The van der Waals surface area contributed by atoms with Crippen molar-refractivity contribution in [2.45, 2.75) is 17.9 Å². The van der Waals surface area contributed by atoms with Gasteiger partial charge in [-0.2, -0.15) is 4.31 Å². The van der Waals surface area contributed by atoms with E-state index in [-0.39, 0.29) is 23.8 Å². The second-order valence-corrected chi connectivity index (χ2v) is 9.98. The van der Waals surface area contributed by atoms with Crippen molar-refractivity contribution >= 4 is 44.1 Å². The molecule has 4 aromatic rings. The second-order valence-electron chi connectivity index (χ2n) is 7.17. The number of H-pyrrole nitrogens is 1. The quantitative estimate of drug-likeness (QED) is 0.353. The van der Waals surface area contributed by atoms with Crippen LogP contribution in [0.15, 0.2) is 77.8 Å². The highest BCUT2D eigenvalue weighted by Crippen LogP contribution is 2.24. The number of rotatable bonds is 7. The molecule has 3 aromatic carbocycles. The minimum Gasteiger partial charge on any atom is -0.361 e. The Bertz CT molecular complexity index is 1300. The number of fused-ring (bicyclic) bond motifs is 1. The molecule has 0 amide bonds. The van der Waals surface area contributed by atoms with Crippen molar-refractivity contribution in [3.8, 4) is 0 Å². The molecule has 0 spiro atoms. The molecule has 0 aliphatic rings. The lowest BCUT2D eigenvalue weighted by atomic mass is 10.1. The molecule has 0 aliphatic carbocycles. The maximum atomic E-state index is 13.7. The first-order valence-corrected chi connectivity index (χ1v) is 11.8. The summed E-state index contributed by atoms with van der Waals surface area (Å²) in [6.07, 6.45) is 2.21. The summed E-state index contributed by atoms with van der Waals surface area (Å²) in [6.45, 7) is 0.399. The predicted octanol–water partition coefficient (Wildman–Crippen LogP) is 6.05. The monoisotopic (exact) mass is 476 g/mol. The standard InChI is InChI=1S/C23H19Cl2FN2O2S/c24-18-3-1-16(2-4-18)15-28(31(29,30)21-8-5-19(25)6-9-21)12-11-17-14-27-23-10-7-20(26)13-22(17)23/h1-10,13-14,27H,11-12,15H2. The number of benzene rings is 3. The van der Waals surface area contributed by atoms with Gasteiger partial charge in [-0.25, -0.2) is 12.8 Å². The summed E-state index contributed by atoms with van der Waals surface area (Å²) in [5, 5.41) is 1.79. The van der Waals surface area contributed by atoms with Crippen LogP contribution in [0.3, 0.4) is 0 Å². The van der Waals surface area contributed by atoms with E-state index >= 15 is 0 Å². The van der Waals surface area contributed by atoms with E-state index in [0.717, 1.165) is 22.0 Å². The van der Waals surface area contributed by atoms with Gasteiger partial charge in [0.1, 0.15) is 5.82 Å². The van der Waals surface area contributed by atoms with Crippen molar-refractivity contribution in [2.75, 3.05) is 6.54 Å². The van der Waals surface area contributed by atoms with Crippen LogP contribution in [0.5, 0.6) is 0 Å². The van der Waals surface area contributed by atoms with E-state index in [1.807, 2.05) is 0 Å². The van der Waals surface area contributed by atoms with Crippen LogP contribution in [0.25, 0.3) is 10.9 Å². The molecular weight excluding hydrogens is 458 g/mol. The van der Waals surface area contributed by atoms with Crippen LogP contribution in [0.4, 0.5) is 4.39 Å². The van der Waals surface area contributed by atoms with Crippen LogP contribution >= 0.6 is 23.2 Å². The van der Waals surface area contributed by atoms with Gasteiger partial charge in [-0.1, -0.05) is 35.3 Å². The molecule has 0 aliphatic heterocycles. The first-order chi connectivity index (χ1) is 14.8. The molecular formula is C23H19Cl2FN2O2S. The number of nitrogens with zero attached hydrogens (tertiary/aromatic N) is 1. The Morgan fingerprint density at radius 3 is 2.23 bits per heavy atom. The molecule has 0 fully saturated rings. The van der Waals surface area contributed by atoms with Gasteiger partial charge in [0.25, 0.3) is 0 Å². The second kappa shape index (κ2) is 9.01. The van der Waals surface area contributed by atoms with Gasteiger partial charge in [-0.15, -0.1) is 0 Å². The van der Waals surface area contributed by atoms with Crippen molar-refractivity contribution < 1.29 is 12.8 Å². The Hall–Kier alpha value is -2.38. The maximum Gasteiger partial charge on any atom is 0.243 e. The van der Waals surface area contributed by atoms with Crippen LogP contribution in [-0.4, -0.2) is 24.3 Å². The Balaban J connectivity index is 1.64. The third-order valence-electron chi connectivity index (χ3n) is 5.08. The number of hydrogen-bond acceptors (Lipinski definition) is 2. The van der Waals surface area contributed by atoms with Gasteiger partial charge in [0.05, 0.1) is 4.90 Å². The molecule has 0 radical (unpaired) electrons. The van der Waals surface area contributed by atoms with Crippen LogP contribution in [0.1, 0.15) is 11.1 Å². The third kappa shape index (κ3) is 4.93. The smallest absolute Gasteiger partial charge is 0.243 e. The Kier molecular flexibility index (Phi) is 6.34. The summed E-state index contributed by atoms with van der Waals surface area (Å²) in [6, 6.07) is 17.7. The fourth-order valence-electron chi connectivity index (χ4n) is 3.44. The van der Waals surface area contributed by atoms with E-state index in [0.29, 0.717) is 16.5 Å². The van der Waals surface area contributed by atoms with Crippen LogP contribution in [0, 0.1) is 5.82 Å². The minimum absolute atomic E-state index is 0.163. The number of halogens is 3. The molecule has 0 bridgehead atoms. The predicted molar refractivity (Wildman–Crippen MR) is 122 cm³/mol. The Morgan fingerprint density at radius 1 is 0.903 bits per heavy atom. The van der Waals surface area contributed by atoms with Gasteiger partial charge < -0.3 is 4.98 Å². The van der Waals surface area contributed by atoms with Crippen molar-refractivity contribution in [3.05, 3.63) is 99.9 Å². The highest BCUT2D eigenvalue weighted by atomic mass is 35.5. The zero-order valence-corrected chi connectivity index (χ0v) is 18.7. The first-order valence-electron chi connectivity index (χ1n) is 9.58. The number of hydrogen-bond donors (Lipinski definition) is 1. The molecule has 1 aromatic heterocycles. The number of nitrogens with one attached hydrogen (secondary N) is 1. The molecule has 0 saturated carbocycles. The number of aromatic nitrogens is 1. The molecule has 4 rings (SSSR count). The fourth-order valence-corrected chi connectivity index (χ4v) is 5.12. The van der Waals surface area contributed by atoms with Crippen LogP contribution < -0.4 is 0 Å². The topological polar surface area (TPSA) is 53.2 Å². The van der Waals surface area contributed by atoms with Crippen molar-refractivity contribution in [1.82, 2.24) is 9.29 Å².